The van der Waals surface area contributed by atoms with Gasteiger partial charge in [-0.3, -0.25) is 19.8 Å². The van der Waals surface area contributed by atoms with Gasteiger partial charge in [-0.25, -0.2) is 4.68 Å². The number of tetrazole rings is 1. The predicted molar refractivity (Wildman–Crippen MR) is 119 cm³/mol. The number of nitrogens with two attached hydrogens (primary N) is 1. The van der Waals surface area contributed by atoms with Gasteiger partial charge in [0.1, 0.15) is 6.33 Å². The first-order valence-electron chi connectivity index (χ1n) is 10.4. The maximum atomic E-state index is 12.9. The number of amides is 2. The lowest BCUT2D eigenvalue weighted by molar-refractivity contribution is -0.133. The number of imide groups is 1. The molecule has 1 aliphatic heterocycles. The second-order valence-electron chi connectivity index (χ2n) is 7.81. The van der Waals surface area contributed by atoms with Crippen LogP contribution in [0.2, 0.25) is 5.02 Å². The summed E-state index contributed by atoms with van der Waals surface area (Å²) in [5.41, 5.74) is 8.65. The Labute approximate surface area is 190 Å². The Kier molecular flexibility index (Phi) is 6.89. The Bertz CT molecular complexity index is 1080. The fourth-order valence-electron chi connectivity index (χ4n) is 3.97. The SMILES string of the molecule is N[C@H](Cc1ccccc1)C(=O)NC(=O)[C@@H]1CCCN1Cc1cc(Cl)ccc1-n1cnnn1. The van der Waals surface area contributed by atoms with Gasteiger partial charge >= 0.3 is 0 Å². The molecule has 3 N–H and O–H groups in total. The first-order valence-corrected chi connectivity index (χ1v) is 10.8. The van der Waals surface area contributed by atoms with Crippen LogP contribution in [0.5, 0.6) is 0 Å². The number of aromatic nitrogens is 4. The molecule has 10 heteroatoms. The van der Waals surface area contributed by atoms with Crippen LogP contribution < -0.4 is 11.1 Å². The maximum Gasteiger partial charge on any atom is 0.243 e. The first kappa shape index (κ1) is 22.1. The van der Waals surface area contributed by atoms with Crippen molar-refractivity contribution in [3.63, 3.8) is 0 Å². The number of rotatable bonds is 7. The van der Waals surface area contributed by atoms with Crippen LogP contribution in [0.25, 0.3) is 5.69 Å². The Morgan fingerprint density at radius 3 is 2.78 bits per heavy atom. The van der Waals surface area contributed by atoms with Crippen molar-refractivity contribution in [1.82, 2.24) is 30.4 Å². The molecule has 3 aromatic rings. The molecule has 2 aromatic carbocycles. The minimum atomic E-state index is -0.796. The van der Waals surface area contributed by atoms with Crippen LogP contribution in [0, 0.1) is 0 Å². The van der Waals surface area contributed by atoms with Crippen molar-refractivity contribution in [1.29, 1.82) is 0 Å². The second-order valence-corrected chi connectivity index (χ2v) is 8.24. The van der Waals surface area contributed by atoms with Crippen LogP contribution in [0.1, 0.15) is 24.0 Å². The summed E-state index contributed by atoms with van der Waals surface area (Å²) in [5.74, 6) is -0.801. The highest BCUT2D eigenvalue weighted by Gasteiger charge is 2.33. The molecule has 0 saturated carbocycles. The summed E-state index contributed by atoms with van der Waals surface area (Å²) >= 11 is 6.22. The van der Waals surface area contributed by atoms with Crippen molar-refractivity contribution >= 4 is 23.4 Å². The molecule has 0 aliphatic carbocycles. The fourth-order valence-corrected chi connectivity index (χ4v) is 4.16. The van der Waals surface area contributed by atoms with Crippen molar-refractivity contribution in [3.05, 3.63) is 71.0 Å². The zero-order valence-corrected chi connectivity index (χ0v) is 18.2. The monoisotopic (exact) mass is 453 g/mol. The zero-order chi connectivity index (χ0) is 22.5. The van der Waals surface area contributed by atoms with E-state index in [0.717, 1.165) is 29.8 Å². The summed E-state index contributed by atoms with van der Waals surface area (Å²) < 4.78 is 1.56. The molecule has 1 saturated heterocycles. The van der Waals surface area contributed by atoms with Crippen molar-refractivity contribution in [2.45, 2.75) is 37.9 Å². The lowest BCUT2D eigenvalue weighted by Crippen LogP contribution is -2.50. The molecule has 166 valence electrons. The Morgan fingerprint density at radius 1 is 1.22 bits per heavy atom. The molecule has 2 atom stereocenters. The molecule has 2 heterocycles. The van der Waals surface area contributed by atoms with E-state index in [2.05, 4.69) is 20.8 Å². The molecule has 0 bridgehead atoms. The van der Waals surface area contributed by atoms with Crippen molar-refractivity contribution < 1.29 is 9.59 Å². The quantitative estimate of drug-likeness (QED) is 0.556. The topological polar surface area (TPSA) is 119 Å². The average Bonchev–Trinajstić information content (AvgIpc) is 3.47. The van der Waals surface area contributed by atoms with Crippen LogP contribution in [0.4, 0.5) is 0 Å². The normalized spacial score (nSPS) is 17.2. The summed E-state index contributed by atoms with van der Waals surface area (Å²) in [7, 11) is 0. The summed E-state index contributed by atoms with van der Waals surface area (Å²) in [6.45, 7) is 1.20. The van der Waals surface area contributed by atoms with Gasteiger partial charge in [-0.15, -0.1) is 5.10 Å². The van der Waals surface area contributed by atoms with E-state index in [-0.39, 0.29) is 5.91 Å². The Hall–Kier alpha value is -3.14. The van der Waals surface area contributed by atoms with E-state index in [4.69, 9.17) is 17.3 Å². The van der Waals surface area contributed by atoms with Crippen LogP contribution in [-0.2, 0) is 22.6 Å². The van der Waals surface area contributed by atoms with E-state index in [9.17, 15) is 9.59 Å². The number of hydrogen-bond acceptors (Lipinski definition) is 7. The minimum absolute atomic E-state index is 0.331. The summed E-state index contributed by atoms with van der Waals surface area (Å²) in [6.07, 6.45) is 3.39. The lowest BCUT2D eigenvalue weighted by atomic mass is 10.1. The van der Waals surface area contributed by atoms with Gasteiger partial charge in [-0.1, -0.05) is 41.9 Å². The molecule has 1 fully saturated rings. The van der Waals surface area contributed by atoms with Gasteiger partial charge in [0.05, 0.1) is 17.8 Å². The zero-order valence-electron chi connectivity index (χ0n) is 17.4. The van der Waals surface area contributed by atoms with Crippen LogP contribution >= 0.6 is 11.6 Å². The summed E-state index contributed by atoms with van der Waals surface area (Å²) in [5, 5.41) is 14.4. The van der Waals surface area contributed by atoms with Gasteiger partial charge in [0.2, 0.25) is 11.8 Å². The van der Waals surface area contributed by atoms with E-state index in [1.807, 2.05) is 47.4 Å². The third kappa shape index (κ3) is 5.18. The Morgan fingerprint density at radius 2 is 2.03 bits per heavy atom. The molecular weight excluding hydrogens is 430 g/mol. The number of nitrogens with one attached hydrogen (secondary N) is 1. The highest BCUT2D eigenvalue weighted by atomic mass is 35.5. The van der Waals surface area contributed by atoms with Crippen LogP contribution in [0.15, 0.2) is 54.9 Å². The number of carbonyl (C=O) groups excluding carboxylic acids is 2. The van der Waals surface area contributed by atoms with Gasteiger partial charge in [0.15, 0.2) is 0 Å². The predicted octanol–water partition coefficient (Wildman–Crippen LogP) is 1.49. The van der Waals surface area contributed by atoms with E-state index in [0.29, 0.717) is 24.4 Å². The molecule has 2 amide bonds. The van der Waals surface area contributed by atoms with Gasteiger partial charge in [0, 0.05) is 11.6 Å². The van der Waals surface area contributed by atoms with Gasteiger partial charge < -0.3 is 5.73 Å². The molecule has 9 nitrogen and oxygen atoms in total. The summed E-state index contributed by atoms with van der Waals surface area (Å²) in [6, 6.07) is 13.7. The number of carbonyl (C=O) groups is 2. The van der Waals surface area contributed by atoms with E-state index >= 15 is 0 Å². The highest BCUT2D eigenvalue weighted by Crippen LogP contribution is 2.25. The van der Waals surface area contributed by atoms with Crippen molar-refractivity contribution in [2.75, 3.05) is 6.54 Å². The molecule has 0 spiro atoms. The standard InChI is InChI=1S/C22H24ClN7O2/c23-17-8-9-19(30-14-25-27-28-30)16(12-17)13-29-10-4-7-20(29)22(32)26-21(31)18(24)11-15-5-2-1-3-6-15/h1-3,5-6,8-9,12,14,18,20H,4,7,10-11,13,24H2,(H,26,31,32)/t18-,20+/m1/s1. The van der Waals surface area contributed by atoms with Crippen molar-refractivity contribution in [2.24, 2.45) is 5.73 Å². The molecule has 32 heavy (non-hydrogen) atoms. The molecule has 4 rings (SSSR count). The maximum absolute atomic E-state index is 12.9. The average molecular weight is 454 g/mol. The number of likely N-dealkylation sites (tertiary alicyclic amines) is 1. The first-order chi connectivity index (χ1) is 15.5. The van der Waals surface area contributed by atoms with Crippen LogP contribution in [0.3, 0.4) is 0 Å². The van der Waals surface area contributed by atoms with E-state index in [1.165, 1.54) is 6.33 Å². The third-order valence-electron chi connectivity index (χ3n) is 5.56. The van der Waals surface area contributed by atoms with E-state index < -0.39 is 18.0 Å². The number of nitrogens with zero attached hydrogens (tertiary/aromatic N) is 5. The molecule has 1 aliphatic rings. The van der Waals surface area contributed by atoms with E-state index in [1.54, 1.807) is 10.7 Å². The second kappa shape index (κ2) is 9.99. The van der Waals surface area contributed by atoms with Gasteiger partial charge in [0.25, 0.3) is 0 Å². The Balaban J connectivity index is 1.42. The van der Waals surface area contributed by atoms with Gasteiger partial charge in [-0.2, -0.15) is 0 Å². The number of halogens is 1. The molecular formula is C22H24ClN7O2. The number of hydrogen-bond donors (Lipinski definition) is 2. The highest BCUT2D eigenvalue weighted by molar-refractivity contribution is 6.30. The fraction of sp³-hybridized carbons (Fsp3) is 0.318. The summed E-state index contributed by atoms with van der Waals surface area (Å²) in [4.78, 5) is 27.4. The largest absolute Gasteiger partial charge is 0.320 e. The number of benzene rings is 2. The van der Waals surface area contributed by atoms with Crippen molar-refractivity contribution in [3.8, 4) is 5.69 Å². The van der Waals surface area contributed by atoms with Gasteiger partial charge in [-0.05, 0) is 65.6 Å². The molecule has 1 aromatic heterocycles. The smallest absolute Gasteiger partial charge is 0.243 e. The molecule has 0 unspecified atom stereocenters. The van der Waals surface area contributed by atoms with Crippen LogP contribution in [-0.4, -0.2) is 55.5 Å². The third-order valence-corrected chi connectivity index (χ3v) is 5.79. The molecule has 0 radical (unpaired) electrons. The lowest BCUT2D eigenvalue weighted by Gasteiger charge is -2.25. The minimum Gasteiger partial charge on any atom is -0.320 e.